The number of fused-ring (bicyclic) bond motifs is 2. The van der Waals surface area contributed by atoms with Crippen LogP contribution in [0.2, 0.25) is 0 Å². The summed E-state index contributed by atoms with van der Waals surface area (Å²) in [6, 6.07) is 6.92. The van der Waals surface area contributed by atoms with Crippen LogP contribution in [-0.2, 0) is 24.2 Å². The van der Waals surface area contributed by atoms with Crippen molar-refractivity contribution in [3.8, 4) is 0 Å². The zero-order chi connectivity index (χ0) is 17.4. The quantitative estimate of drug-likeness (QED) is 0.779. The van der Waals surface area contributed by atoms with Crippen molar-refractivity contribution in [3.63, 3.8) is 0 Å². The molecule has 130 valence electrons. The molecule has 7 heteroatoms. The van der Waals surface area contributed by atoms with Gasteiger partial charge in [-0.25, -0.2) is 9.78 Å². The Labute approximate surface area is 148 Å². The third-order valence-corrected chi connectivity index (χ3v) is 5.83. The van der Waals surface area contributed by atoms with Crippen molar-refractivity contribution in [2.75, 3.05) is 0 Å². The number of thiazole rings is 1. The minimum absolute atomic E-state index is 0.0642. The van der Waals surface area contributed by atoms with Gasteiger partial charge in [0.2, 0.25) is 5.91 Å². The number of nitrogens with zero attached hydrogens (tertiary/aromatic N) is 2. The van der Waals surface area contributed by atoms with Crippen molar-refractivity contribution in [2.45, 2.75) is 45.2 Å². The summed E-state index contributed by atoms with van der Waals surface area (Å²) in [5, 5.41) is 3.88. The van der Waals surface area contributed by atoms with Gasteiger partial charge in [0.1, 0.15) is 11.6 Å². The van der Waals surface area contributed by atoms with E-state index < -0.39 is 5.76 Å². The molecule has 0 aliphatic heterocycles. The van der Waals surface area contributed by atoms with Gasteiger partial charge in [0.15, 0.2) is 5.58 Å². The summed E-state index contributed by atoms with van der Waals surface area (Å²) in [5.74, 6) is -0.747. The van der Waals surface area contributed by atoms with E-state index in [1.165, 1.54) is 28.0 Å². The summed E-state index contributed by atoms with van der Waals surface area (Å²) in [6.07, 6.45) is 4.52. The van der Waals surface area contributed by atoms with E-state index >= 15 is 0 Å². The first-order valence-electron chi connectivity index (χ1n) is 8.48. The maximum atomic E-state index is 12.4. The van der Waals surface area contributed by atoms with Gasteiger partial charge >= 0.3 is 5.76 Å². The topological polar surface area (TPSA) is 77.1 Å². The van der Waals surface area contributed by atoms with Crippen molar-refractivity contribution in [2.24, 2.45) is 0 Å². The highest BCUT2D eigenvalue weighted by Crippen LogP contribution is 2.29. The highest BCUT2D eigenvalue weighted by atomic mass is 32.1. The van der Waals surface area contributed by atoms with Crippen molar-refractivity contribution >= 4 is 28.3 Å². The molecule has 6 nitrogen and oxygen atoms in total. The van der Waals surface area contributed by atoms with Crippen molar-refractivity contribution in [1.82, 2.24) is 14.9 Å². The van der Waals surface area contributed by atoms with E-state index in [4.69, 9.17) is 4.42 Å². The lowest BCUT2D eigenvalue weighted by atomic mass is 10.0. The van der Waals surface area contributed by atoms with E-state index in [1.54, 1.807) is 29.5 Å². The van der Waals surface area contributed by atoms with Crippen LogP contribution in [0.1, 0.15) is 41.4 Å². The number of carbonyl (C=O) groups excluding carboxylic acids is 1. The van der Waals surface area contributed by atoms with Gasteiger partial charge in [-0.15, -0.1) is 11.3 Å². The lowest BCUT2D eigenvalue weighted by Crippen LogP contribution is -2.32. The van der Waals surface area contributed by atoms with Crippen LogP contribution < -0.4 is 11.1 Å². The Morgan fingerprint density at radius 1 is 1.36 bits per heavy atom. The van der Waals surface area contributed by atoms with Gasteiger partial charge in [0.25, 0.3) is 0 Å². The number of rotatable bonds is 4. The number of carbonyl (C=O) groups is 1. The zero-order valence-corrected chi connectivity index (χ0v) is 14.8. The average molecular weight is 357 g/mol. The lowest BCUT2D eigenvalue weighted by Gasteiger charge is -2.11. The fourth-order valence-corrected chi connectivity index (χ4v) is 4.37. The third kappa shape index (κ3) is 3.11. The van der Waals surface area contributed by atoms with Crippen LogP contribution in [0.3, 0.4) is 0 Å². The number of benzene rings is 1. The second-order valence-electron chi connectivity index (χ2n) is 6.34. The molecule has 2 heterocycles. The molecule has 1 aromatic carbocycles. The Kier molecular flexibility index (Phi) is 4.17. The van der Waals surface area contributed by atoms with Gasteiger partial charge in [-0.2, -0.15) is 0 Å². The van der Waals surface area contributed by atoms with Crippen molar-refractivity contribution in [3.05, 3.63) is 50.4 Å². The number of hydrogen-bond acceptors (Lipinski definition) is 5. The van der Waals surface area contributed by atoms with E-state index in [-0.39, 0.29) is 18.5 Å². The molecule has 4 rings (SSSR count). The molecule has 1 atom stereocenters. The molecule has 1 amide bonds. The first-order valence-corrected chi connectivity index (χ1v) is 9.29. The Morgan fingerprint density at radius 2 is 2.16 bits per heavy atom. The summed E-state index contributed by atoms with van der Waals surface area (Å²) in [7, 11) is 0. The summed E-state index contributed by atoms with van der Waals surface area (Å²) >= 11 is 1.69. The van der Waals surface area contributed by atoms with E-state index in [0.717, 1.165) is 17.8 Å². The summed E-state index contributed by atoms with van der Waals surface area (Å²) in [4.78, 5) is 30.4. The molecule has 1 unspecified atom stereocenters. The lowest BCUT2D eigenvalue weighted by molar-refractivity contribution is -0.122. The van der Waals surface area contributed by atoms with E-state index in [2.05, 4.69) is 10.3 Å². The predicted octanol–water partition coefficient (Wildman–Crippen LogP) is 2.81. The number of amides is 1. The maximum Gasteiger partial charge on any atom is 0.420 e. The number of para-hydroxylation sites is 2. The maximum absolute atomic E-state index is 12.4. The number of oxazole rings is 1. The van der Waals surface area contributed by atoms with Gasteiger partial charge in [0.05, 0.1) is 17.3 Å². The van der Waals surface area contributed by atoms with E-state index in [9.17, 15) is 9.59 Å². The van der Waals surface area contributed by atoms with Crippen molar-refractivity contribution < 1.29 is 9.21 Å². The molecule has 0 saturated heterocycles. The van der Waals surface area contributed by atoms with Gasteiger partial charge in [-0.05, 0) is 44.7 Å². The van der Waals surface area contributed by atoms with Gasteiger partial charge in [-0.1, -0.05) is 12.1 Å². The van der Waals surface area contributed by atoms with Crippen LogP contribution in [0.4, 0.5) is 0 Å². The van der Waals surface area contributed by atoms with Gasteiger partial charge in [0, 0.05) is 4.88 Å². The largest absolute Gasteiger partial charge is 0.420 e. The highest BCUT2D eigenvalue weighted by molar-refractivity contribution is 7.11. The smallest absolute Gasteiger partial charge is 0.408 e. The fourth-order valence-electron chi connectivity index (χ4n) is 3.21. The molecule has 0 saturated carbocycles. The molecule has 2 aromatic heterocycles. The number of hydrogen-bond donors (Lipinski definition) is 1. The predicted molar refractivity (Wildman–Crippen MR) is 95.8 cm³/mol. The summed E-state index contributed by atoms with van der Waals surface area (Å²) in [5.41, 5.74) is 2.30. The molecule has 3 aromatic rings. The molecule has 0 fully saturated rings. The average Bonchev–Trinajstić information content (AvgIpc) is 3.16. The minimum atomic E-state index is -0.520. The van der Waals surface area contributed by atoms with Crippen LogP contribution in [0.5, 0.6) is 0 Å². The Balaban J connectivity index is 1.49. The molecule has 25 heavy (non-hydrogen) atoms. The van der Waals surface area contributed by atoms with Gasteiger partial charge in [-0.3, -0.25) is 9.36 Å². The molecule has 1 aliphatic carbocycles. The third-order valence-electron chi connectivity index (χ3n) is 4.49. The summed E-state index contributed by atoms with van der Waals surface area (Å²) in [6.45, 7) is 1.86. The SMILES string of the molecule is CC(NC(=O)Cn1c(=O)oc2ccccc21)c1nc2c(s1)CCCC2. The van der Waals surface area contributed by atoms with E-state index in [0.29, 0.717) is 11.1 Å². The second kappa shape index (κ2) is 6.48. The van der Waals surface area contributed by atoms with Crippen molar-refractivity contribution in [1.29, 1.82) is 0 Å². The Morgan fingerprint density at radius 3 is 3.00 bits per heavy atom. The molecule has 0 radical (unpaired) electrons. The molecule has 0 bridgehead atoms. The molecular formula is C18H19N3O3S. The first kappa shape index (κ1) is 16.1. The second-order valence-corrected chi connectivity index (χ2v) is 7.46. The molecule has 1 aliphatic rings. The van der Waals surface area contributed by atoms with E-state index in [1.807, 2.05) is 13.0 Å². The van der Waals surface area contributed by atoms with Crippen LogP contribution in [0, 0.1) is 0 Å². The Bertz CT molecular complexity index is 962. The number of aryl methyl sites for hydroxylation is 2. The van der Waals surface area contributed by atoms with Crippen LogP contribution in [0.25, 0.3) is 11.1 Å². The minimum Gasteiger partial charge on any atom is -0.408 e. The zero-order valence-electron chi connectivity index (χ0n) is 13.9. The summed E-state index contributed by atoms with van der Waals surface area (Å²) < 4.78 is 6.51. The van der Waals surface area contributed by atoms with Crippen LogP contribution in [0.15, 0.2) is 33.5 Å². The molecular weight excluding hydrogens is 338 g/mol. The van der Waals surface area contributed by atoms with Crippen LogP contribution >= 0.6 is 11.3 Å². The number of nitrogens with one attached hydrogen (secondary N) is 1. The monoisotopic (exact) mass is 357 g/mol. The molecule has 0 spiro atoms. The standard InChI is InChI=1S/C18H19N3O3S/c1-11(17-20-12-6-2-5-9-15(12)25-17)19-16(22)10-21-13-7-3-4-8-14(13)24-18(21)23/h3-4,7-8,11H,2,5-6,9-10H2,1H3,(H,19,22). The number of aromatic nitrogens is 2. The van der Waals surface area contributed by atoms with Crippen LogP contribution in [-0.4, -0.2) is 15.5 Å². The normalized spacial score (nSPS) is 15.1. The Hall–Kier alpha value is -2.41. The highest BCUT2D eigenvalue weighted by Gasteiger charge is 2.20. The van der Waals surface area contributed by atoms with Gasteiger partial charge < -0.3 is 9.73 Å². The molecule has 1 N–H and O–H groups in total. The first-order chi connectivity index (χ1) is 12.1. The fraction of sp³-hybridized carbons (Fsp3) is 0.389.